The van der Waals surface area contributed by atoms with Crippen LogP contribution in [0.15, 0.2) is 89.8 Å². The molecule has 31 heavy (non-hydrogen) atoms. The van der Waals surface area contributed by atoms with E-state index >= 15 is 0 Å². The monoisotopic (exact) mass is 426 g/mol. The van der Waals surface area contributed by atoms with Gasteiger partial charge in [-0.05, 0) is 46.3 Å². The van der Waals surface area contributed by atoms with Crippen molar-refractivity contribution >= 4 is 20.6 Å². The van der Waals surface area contributed by atoms with E-state index in [4.69, 9.17) is 0 Å². The highest BCUT2D eigenvalue weighted by atomic mass is 32.2. The molecule has 4 rings (SSSR count). The van der Waals surface area contributed by atoms with Crippen LogP contribution >= 0.6 is 0 Å². The summed E-state index contributed by atoms with van der Waals surface area (Å²) in [6, 6.07) is 26.6. The molecule has 0 fully saturated rings. The number of fused-ring (bicyclic) bond motifs is 1. The van der Waals surface area contributed by atoms with Gasteiger partial charge in [-0.2, -0.15) is 0 Å². The molecule has 0 aliphatic heterocycles. The Hall–Kier alpha value is -3.55. The Labute approximate surface area is 182 Å². The number of benzene rings is 4. The molecule has 0 amide bonds. The molecule has 0 aromatic heterocycles. The van der Waals surface area contributed by atoms with Gasteiger partial charge in [0.15, 0.2) is 9.84 Å². The SMILES string of the molecule is CS(=O)(=O)c1ccc(Cc2ccc3ccc(C#CCc4ccccc4)cc3c2O)cc1. The highest BCUT2D eigenvalue weighted by Crippen LogP contribution is 2.31. The molecule has 0 radical (unpaired) electrons. The van der Waals surface area contributed by atoms with Crippen molar-refractivity contribution in [2.75, 3.05) is 6.26 Å². The zero-order chi connectivity index (χ0) is 21.8. The van der Waals surface area contributed by atoms with Crippen LogP contribution in [0.25, 0.3) is 10.8 Å². The van der Waals surface area contributed by atoms with Crippen LogP contribution in [0.3, 0.4) is 0 Å². The van der Waals surface area contributed by atoms with Crippen molar-refractivity contribution < 1.29 is 13.5 Å². The molecule has 3 nitrogen and oxygen atoms in total. The molecule has 0 saturated carbocycles. The fraction of sp³-hybridized carbons (Fsp3) is 0.111. The fourth-order valence-corrected chi connectivity index (χ4v) is 4.12. The third-order valence-corrected chi connectivity index (χ3v) is 6.32. The normalized spacial score (nSPS) is 11.1. The number of aromatic hydroxyl groups is 1. The lowest BCUT2D eigenvalue weighted by atomic mass is 9.98. The maximum Gasteiger partial charge on any atom is 0.175 e. The van der Waals surface area contributed by atoms with Crippen molar-refractivity contribution in [1.82, 2.24) is 0 Å². The molecule has 4 aromatic rings. The highest BCUT2D eigenvalue weighted by molar-refractivity contribution is 7.90. The Bertz CT molecular complexity index is 1390. The molecule has 1 N–H and O–H groups in total. The molecule has 4 heteroatoms. The fourth-order valence-electron chi connectivity index (χ4n) is 3.49. The third-order valence-electron chi connectivity index (χ3n) is 5.19. The number of sulfone groups is 1. The van der Waals surface area contributed by atoms with Gasteiger partial charge in [0, 0.05) is 30.0 Å². The highest BCUT2D eigenvalue weighted by Gasteiger charge is 2.10. The first-order valence-corrected chi connectivity index (χ1v) is 11.9. The Morgan fingerprint density at radius 3 is 2.26 bits per heavy atom. The van der Waals surface area contributed by atoms with Gasteiger partial charge in [0.05, 0.1) is 4.90 Å². The van der Waals surface area contributed by atoms with Gasteiger partial charge in [-0.3, -0.25) is 0 Å². The Morgan fingerprint density at radius 2 is 1.55 bits per heavy atom. The molecule has 0 aliphatic rings. The van der Waals surface area contributed by atoms with Crippen molar-refractivity contribution in [3.8, 4) is 17.6 Å². The number of phenols is 1. The number of hydrogen-bond acceptors (Lipinski definition) is 3. The molecule has 0 atom stereocenters. The second kappa shape index (κ2) is 8.67. The zero-order valence-electron chi connectivity index (χ0n) is 17.2. The Kier molecular flexibility index (Phi) is 5.79. The van der Waals surface area contributed by atoms with E-state index in [0.29, 0.717) is 12.8 Å². The minimum Gasteiger partial charge on any atom is -0.507 e. The summed E-state index contributed by atoms with van der Waals surface area (Å²) in [5.41, 5.74) is 3.74. The lowest BCUT2D eigenvalue weighted by Crippen LogP contribution is -1.97. The quantitative estimate of drug-likeness (QED) is 0.460. The van der Waals surface area contributed by atoms with Gasteiger partial charge in [-0.1, -0.05) is 72.5 Å². The van der Waals surface area contributed by atoms with Crippen LogP contribution in [0, 0.1) is 11.8 Å². The van der Waals surface area contributed by atoms with E-state index in [1.165, 1.54) is 11.8 Å². The summed E-state index contributed by atoms with van der Waals surface area (Å²) in [6.45, 7) is 0. The van der Waals surface area contributed by atoms with Crippen LogP contribution in [0.4, 0.5) is 0 Å². The first-order valence-electron chi connectivity index (χ1n) is 9.96. The van der Waals surface area contributed by atoms with Crippen LogP contribution in [-0.2, 0) is 22.7 Å². The van der Waals surface area contributed by atoms with Crippen LogP contribution in [0.5, 0.6) is 5.75 Å². The van der Waals surface area contributed by atoms with Gasteiger partial charge >= 0.3 is 0 Å². The zero-order valence-corrected chi connectivity index (χ0v) is 18.0. The van der Waals surface area contributed by atoms with E-state index in [1.807, 2.05) is 48.5 Å². The molecule has 0 heterocycles. The van der Waals surface area contributed by atoms with Gasteiger partial charge in [-0.25, -0.2) is 8.42 Å². The minimum atomic E-state index is -3.22. The first kappa shape index (κ1) is 20.7. The van der Waals surface area contributed by atoms with Gasteiger partial charge in [0.1, 0.15) is 5.75 Å². The molecular weight excluding hydrogens is 404 g/mol. The molecular formula is C27H22O3S. The first-order chi connectivity index (χ1) is 14.9. The third kappa shape index (κ3) is 4.96. The maximum atomic E-state index is 11.6. The molecule has 0 spiro atoms. The van der Waals surface area contributed by atoms with Crippen molar-refractivity contribution in [2.24, 2.45) is 0 Å². The summed E-state index contributed by atoms with van der Waals surface area (Å²) in [7, 11) is -3.22. The molecule has 4 aromatic carbocycles. The molecule has 0 bridgehead atoms. The average molecular weight is 427 g/mol. The summed E-state index contributed by atoms with van der Waals surface area (Å²) in [4.78, 5) is 0.290. The lowest BCUT2D eigenvalue weighted by Gasteiger charge is -2.09. The summed E-state index contributed by atoms with van der Waals surface area (Å²) in [5.74, 6) is 6.61. The summed E-state index contributed by atoms with van der Waals surface area (Å²) in [5, 5.41) is 12.6. The number of phenolic OH excluding ortho intramolecular Hbond substituents is 1. The van der Waals surface area contributed by atoms with Crippen LogP contribution in [0.2, 0.25) is 0 Å². The Balaban J connectivity index is 1.59. The van der Waals surface area contributed by atoms with Crippen LogP contribution in [0.1, 0.15) is 22.3 Å². The van der Waals surface area contributed by atoms with Gasteiger partial charge in [0.2, 0.25) is 0 Å². The summed E-state index contributed by atoms with van der Waals surface area (Å²) >= 11 is 0. The minimum absolute atomic E-state index is 0.233. The van der Waals surface area contributed by atoms with Crippen molar-refractivity contribution in [3.05, 3.63) is 107 Å². The van der Waals surface area contributed by atoms with E-state index in [1.54, 1.807) is 24.3 Å². The molecule has 0 aliphatic carbocycles. The second-order valence-corrected chi connectivity index (χ2v) is 9.58. The van der Waals surface area contributed by atoms with Gasteiger partial charge < -0.3 is 5.11 Å². The standard InChI is InChI=1S/C27H22O3S/c1-31(29,30)25-16-11-22(12-17-25)18-24-15-14-23-13-10-21(19-26(23)27(24)28)9-5-8-20-6-3-2-4-7-20/h2-4,6-7,10-17,19,28H,8,18H2,1H3. The molecule has 0 saturated heterocycles. The smallest absolute Gasteiger partial charge is 0.175 e. The van der Waals surface area contributed by atoms with Crippen molar-refractivity contribution in [3.63, 3.8) is 0 Å². The largest absolute Gasteiger partial charge is 0.507 e. The van der Waals surface area contributed by atoms with Gasteiger partial charge in [-0.15, -0.1) is 0 Å². The maximum absolute atomic E-state index is 11.6. The predicted octanol–water partition coefficient (Wildman–Crippen LogP) is 5.13. The Morgan fingerprint density at radius 1 is 0.839 bits per heavy atom. The number of rotatable bonds is 4. The summed E-state index contributed by atoms with van der Waals surface area (Å²) in [6.07, 6.45) is 2.38. The average Bonchev–Trinajstić information content (AvgIpc) is 2.76. The number of hydrogen-bond donors (Lipinski definition) is 1. The van der Waals surface area contributed by atoms with Crippen molar-refractivity contribution in [1.29, 1.82) is 0 Å². The van der Waals surface area contributed by atoms with E-state index in [0.717, 1.165) is 27.5 Å². The molecule has 154 valence electrons. The molecule has 0 unspecified atom stereocenters. The predicted molar refractivity (Wildman–Crippen MR) is 125 cm³/mol. The van der Waals surface area contributed by atoms with E-state index in [9.17, 15) is 13.5 Å². The van der Waals surface area contributed by atoms with Crippen LogP contribution < -0.4 is 0 Å². The van der Waals surface area contributed by atoms with E-state index in [2.05, 4.69) is 24.0 Å². The van der Waals surface area contributed by atoms with E-state index in [-0.39, 0.29) is 10.6 Å². The van der Waals surface area contributed by atoms with Crippen molar-refractivity contribution in [2.45, 2.75) is 17.7 Å². The topological polar surface area (TPSA) is 54.4 Å². The second-order valence-electron chi connectivity index (χ2n) is 7.57. The summed E-state index contributed by atoms with van der Waals surface area (Å²) < 4.78 is 23.3. The van der Waals surface area contributed by atoms with Crippen LogP contribution in [-0.4, -0.2) is 19.8 Å². The van der Waals surface area contributed by atoms with Gasteiger partial charge in [0.25, 0.3) is 0 Å². The van der Waals surface area contributed by atoms with E-state index < -0.39 is 9.84 Å². The lowest BCUT2D eigenvalue weighted by molar-refractivity contribution is 0.476.